The Kier molecular flexibility index (Phi) is 4.86. The topological polar surface area (TPSA) is 42.3 Å². The van der Waals surface area contributed by atoms with Crippen LogP contribution in [0, 0.1) is 6.92 Å². The standard InChI is InChI=1S/C17H22Br2N4O/c1-11-15(19)13(18)9-14-16(11)21-17(22-6-4-20-5-7-22)23(14)12-3-2-8-24-10-12/h9,12,20H,2-8,10H2,1H3. The van der Waals surface area contributed by atoms with Crippen LogP contribution < -0.4 is 10.2 Å². The van der Waals surface area contributed by atoms with Crippen LogP contribution >= 0.6 is 31.9 Å². The molecule has 5 nitrogen and oxygen atoms in total. The summed E-state index contributed by atoms with van der Waals surface area (Å²) in [4.78, 5) is 7.48. The van der Waals surface area contributed by atoms with E-state index >= 15 is 0 Å². The zero-order valence-electron chi connectivity index (χ0n) is 13.8. The lowest BCUT2D eigenvalue weighted by molar-refractivity contribution is 0.0608. The van der Waals surface area contributed by atoms with Crippen LogP contribution in [0.4, 0.5) is 5.95 Å². The Labute approximate surface area is 159 Å². The number of aryl methyl sites for hydroxylation is 1. The van der Waals surface area contributed by atoms with Gasteiger partial charge in [0.1, 0.15) is 0 Å². The van der Waals surface area contributed by atoms with Gasteiger partial charge in [-0.3, -0.25) is 0 Å². The van der Waals surface area contributed by atoms with Crippen molar-refractivity contribution in [2.45, 2.75) is 25.8 Å². The molecule has 0 saturated carbocycles. The van der Waals surface area contributed by atoms with E-state index in [1.54, 1.807) is 0 Å². The molecule has 0 aliphatic carbocycles. The highest BCUT2D eigenvalue weighted by atomic mass is 79.9. The number of halogens is 2. The van der Waals surface area contributed by atoms with Crippen LogP contribution in [0.2, 0.25) is 0 Å². The summed E-state index contributed by atoms with van der Waals surface area (Å²) in [7, 11) is 0. The van der Waals surface area contributed by atoms with Crippen molar-refractivity contribution in [1.82, 2.24) is 14.9 Å². The third-order valence-electron chi connectivity index (χ3n) is 4.99. The minimum absolute atomic E-state index is 0.362. The van der Waals surface area contributed by atoms with E-state index in [1.807, 2.05) is 0 Å². The Morgan fingerprint density at radius 2 is 2.08 bits per heavy atom. The number of ether oxygens (including phenoxy) is 1. The number of nitrogens with zero attached hydrogens (tertiary/aromatic N) is 3. The van der Waals surface area contributed by atoms with E-state index < -0.39 is 0 Å². The van der Waals surface area contributed by atoms with Gasteiger partial charge in [0.15, 0.2) is 0 Å². The van der Waals surface area contributed by atoms with Gasteiger partial charge in [-0.2, -0.15) is 0 Å². The number of anilines is 1. The average Bonchev–Trinajstić information content (AvgIpc) is 3.00. The third-order valence-corrected chi connectivity index (χ3v) is 7.17. The summed E-state index contributed by atoms with van der Waals surface area (Å²) in [5.74, 6) is 1.09. The molecule has 2 saturated heterocycles. The molecule has 2 aliphatic rings. The minimum Gasteiger partial charge on any atom is -0.379 e. The molecule has 1 N–H and O–H groups in total. The molecule has 1 aromatic heterocycles. The highest BCUT2D eigenvalue weighted by Gasteiger charge is 2.27. The van der Waals surface area contributed by atoms with Gasteiger partial charge in [0, 0.05) is 41.7 Å². The Hall–Kier alpha value is -0.630. The average molecular weight is 458 g/mol. The molecular formula is C17H22Br2N4O. The number of aromatic nitrogens is 2. The lowest BCUT2D eigenvalue weighted by Gasteiger charge is -2.32. The molecule has 0 amide bonds. The zero-order chi connectivity index (χ0) is 16.7. The maximum absolute atomic E-state index is 5.78. The summed E-state index contributed by atoms with van der Waals surface area (Å²) in [5.41, 5.74) is 3.47. The number of imidazole rings is 1. The lowest BCUT2D eigenvalue weighted by atomic mass is 10.1. The Balaban J connectivity index is 1.90. The summed E-state index contributed by atoms with van der Waals surface area (Å²) in [6.07, 6.45) is 2.26. The molecular weight excluding hydrogens is 436 g/mol. The van der Waals surface area contributed by atoms with Crippen LogP contribution in [0.15, 0.2) is 15.0 Å². The number of hydrogen-bond donors (Lipinski definition) is 1. The van der Waals surface area contributed by atoms with E-state index in [2.05, 4.69) is 59.6 Å². The van der Waals surface area contributed by atoms with Crippen LogP contribution in [0.5, 0.6) is 0 Å². The number of piperazine rings is 1. The Morgan fingerprint density at radius 3 is 2.79 bits per heavy atom. The SMILES string of the molecule is Cc1c(Br)c(Br)cc2c1nc(N1CCNCC1)n2C1CCCOC1. The van der Waals surface area contributed by atoms with Crippen molar-refractivity contribution in [3.8, 4) is 0 Å². The highest BCUT2D eigenvalue weighted by molar-refractivity contribution is 9.13. The molecule has 3 heterocycles. The fourth-order valence-electron chi connectivity index (χ4n) is 3.69. The predicted molar refractivity (Wildman–Crippen MR) is 104 cm³/mol. The highest BCUT2D eigenvalue weighted by Crippen LogP contribution is 2.38. The van der Waals surface area contributed by atoms with Crippen molar-refractivity contribution in [1.29, 1.82) is 0 Å². The van der Waals surface area contributed by atoms with E-state index in [9.17, 15) is 0 Å². The third kappa shape index (κ3) is 2.89. The van der Waals surface area contributed by atoms with Crippen LogP contribution in [0.1, 0.15) is 24.4 Å². The van der Waals surface area contributed by atoms with E-state index in [4.69, 9.17) is 9.72 Å². The van der Waals surface area contributed by atoms with Gasteiger partial charge in [-0.05, 0) is 63.3 Å². The van der Waals surface area contributed by atoms with Gasteiger partial charge in [-0.25, -0.2) is 4.98 Å². The number of fused-ring (bicyclic) bond motifs is 1. The van der Waals surface area contributed by atoms with Gasteiger partial charge < -0.3 is 19.5 Å². The maximum atomic E-state index is 5.78. The van der Waals surface area contributed by atoms with E-state index in [0.717, 1.165) is 72.6 Å². The Bertz CT molecular complexity index is 749. The maximum Gasteiger partial charge on any atom is 0.206 e. The molecule has 7 heteroatoms. The predicted octanol–water partition coefficient (Wildman–Crippen LogP) is 3.63. The molecule has 130 valence electrons. The van der Waals surface area contributed by atoms with Gasteiger partial charge >= 0.3 is 0 Å². The first kappa shape index (κ1) is 16.8. The fraction of sp³-hybridized carbons (Fsp3) is 0.588. The molecule has 2 aliphatic heterocycles. The largest absolute Gasteiger partial charge is 0.379 e. The molecule has 0 bridgehead atoms. The lowest BCUT2D eigenvalue weighted by Crippen LogP contribution is -2.45. The summed E-state index contributed by atoms with van der Waals surface area (Å²) < 4.78 is 10.4. The summed E-state index contributed by atoms with van der Waals surface area (Å²) in [6.45, 7) is 7.80. The molecule has 4 rings (SSSR count). The number of rotatable bonds is 2. The van der Waals surface area contributed by atoms with Crippen molar-refractivity contribution in [3.63, 3.8) is 0 Å². The molecule has 0 radical (unpaired) electrons. The monoisotopic (exact) mass is 456 g/mol. The minimum atomic E-state index is 0.362. The van der Waals surface area contributed by atoms with Gasteiger partial charge in [-0.15, -0.1) is 0 Å². The van der Waals surface area contributed by atoms with Gasteiger partial charge in [0.25, 0.3) is 0 Å². The fourth-order valence-corrected chi connectivity index (χ4v) is 4.51. The van der Waals surface area contributed by atoms with Gasteiger partial charge in [0.2, 0.25) is 5.95 Å². The van der Waals surface area contributed by atoms with E-state index in [-0.39, 0.29) is 0 Å². The number of benzene rings is 1. The molecule has 1 aromatic carbocycles. The second-order valence-electron chi connectivity index (χ2n) is 6.55. The summed E-state index contributed by atoms with van der Waals surface area (Å²) in [5, 5.41) is 3.43. The van der Waals surface area contributed by atoms with Gasteiger partial charge in [0.05, 0.1) is 23.7 Å². The molecule has 24 heavy (non-hydrogen) atoms. The van der Waals surface area contributed by atoms with Crippen molar-refractivity contribution in [2.75, 3.05) is 44.3 Å². The van der Waals surface area contributed by atoms with E-state index in [1.165, 1.54) is 11.1 Å². The second-order valence-corrected chi connectivity index (χ2v) is 8.20. The molecule has 0 spiro atoms. The summed E-state index contributed by atoms with van der Waals surface area (Å²) >= 11 is 7.37. The van der Waals surface area contributed by atoms with Crippen LogP contribution in [0.25, 0.3) is 11.0 Å². The van der Waals surface area contributed by atoms with Gasteiger partial charge in [-0.1, -0.05) is 0 Å². The smallest absolute Gasteiger partial charge is 0.206 e. The molecule has 1 unspecified atom stereocenters. The Morgan fingerprint density at radius 1 is 1.29 bits per heavy atom. The van der Waals surface area contributed by atoms with Crippen LogP contribution in [-0.4, -0.2) is 48.9 Å². The van der Waals surface area contributed by atoms with Crippen molar-refractivity contribution < 1.29 is 4.74 Å². The quantitative estimate of drug-likeness (QED) is 0.747. The molecule has 1 atom stereocenters. The summed E-state index contributed by atoms with van der Waals surface area (Å²) in [6, 6.07) is 2.56. The molecule has 2 fully saturated rings. The van der Waals surface area contributed by atoms with Crippen molar-refractivity contribution >= 4 is 48.8 Å². The zero-order valence-corrected chi connectivity index (χ0v) is 17.0. The first-order valence-electron chi connectivity index (χ1n) is 8.56. The normalized spacial score (nSPS) is 22.3. The van der Waals surface area contributed by atoms with E-state index in [0.29, 0.717) is 6.04 Å². The molecule has 2 aromatic rings. The van der Waals surface area contributed by atoms with Crippen molar-refractivity contribution in [2.24, 2.45) is 0 Å². The van der Waals surface area contributed by atoms with Crippen LogP contribution in [-0.2, 0) is 4.74 Å². The first-order chi connectivity index (χ1) is 11.7. The second kappa shape index (κ2) is 6.94. The van der Waals surface area contributed by atoms with Crippen LogP contribution in [0.3, 0.4) is 0 Å². The first-order valence-corrected chi connectivity index (χ1v) is 10.2. The van der Waals surface area contributed by atoms with Crippen molar-refractivity contribution in [3.05, 3.63) is 20.6 Å². The number of hydrogen-bond acceptors (Lipinski definition) is 4. The number of nitrogens with one attached hydrogen (secondary N) is 1.